The van der Waals surface area contributed by atoms with Crippen molar-refractivity contribution in [3.63, 3.8) is 0 Å². The van der Waals surface area contributed by atoms with Crippen LogP contribution in [-0.2, 0) is 4.79 Å². The van der Waals surface area contributed by atoms with Crippen molar-refractivity contribution >= 4 is 11.8 Å². The Bertz CT molecular complexity index is 530. The van der Waals surface area contributed by atoms with Gasteiger partial charge in [0.1, 0.15) is 0 Å². The van der Waals surface area contributed by atoms with Gasteiger partial charge in [0.15, 0.2) is 11.5 Å². The fraction of sp³-hybridized carbons (Fsp3) is 0.429. The number of hydrogen-bond acceptors (Lipinski definition) is 4. The largest absolute Gasteiger partial charge is 0.504 e. The van der Waals surface area contributed by atoms with Crippen LogP contribution in [0.2, 0.25) is 0 Å². The van der Waals surface area contributed by atoms with E-state index in [1.54, 1.807) is 7.05 Å². The van der Waals surface area contributed by atoms with Crippen molar-refractivity contribution in [1.82, 2.24) is 10.2 Å². The number of carbonyl (C=O) groups is 2. The molecule has 0 aliphatic carbocycles. The van der Waals surface area contributed by atoms with Gasteiger partial charge in [-0.25, -0.2) is 0 Å². The molecule has 6 nitrogen and oxygen atoms in total. The zero-order valence-corrected chi connectivity index (χ0v) is 11.3. The number of phenols is 2. The van der Waals surface area contributed by atoms with Gasteiger partial charge >= 0.3 is 0 Å². The first kappa shape index (κ1) is 14.2. The van der Waals surface area contributed by atoms with Crippen LogP contribution in [0.1, 0.15) is 23.2 Å². The molecule has 0 aromatic heterocycles. The van der Waals surface area contributed by atoms with Crippen LogP contribution in [0.4, 0.5) is 0 Å². The lowest BCUT2D eigenvalue weighted by atomic mass is 9.96. The maximum absolute atomic E-state index is 12.4. The van der Waals surface area contributed by atoms with Gasteiger partial charge in [0.25, 0.3) is 5.91 Å². The molecule has 6 heteroatoms. The van der Waals surface area contributed by atoms with Crippen LogP contribution in [-0.4, -0.2) is 47.1 Å². The maximum atomic E-state index is 12.4. The van der Waals surface area contributed by atoms with Gasteiger partial charge in [-0.05, 0) is 25.0 Å². The number of rotatable bonds is 2. The highest BCUT2D eigenvalue weighted by Crippen LogP contribution is 2.30. The van der Waals surface area contributed by atoms with E-state index in [0.717, 1.165) is 12.8 Å². The minimum atomic E-state index is -0.417. The summed E-state index contributed by atoms with van der Waals surface area (Å²) in [5.41, 5.74) is 0.0579. The van der Waals surface area contributed by atoms with E-state index in [2.05, 4.69) is 5.32 Å². The predicted octanol–water partition coefficient (Wildman–Crippen LogP) is 0.696. The summed E-state index contributed by atoms with van der Waals surface area (Å²) in [6, 6.07) is 4.28. The number of piperidine rings is 1. The van der Waals surface area contributed by atoms with Crippen molar-refractivity contribution in [2.24, 2.45) is 5.92 Å². The molecule has 3 N–H and O–H groups in total. The number of likely N-dealkylation sites (tertiary alicyclic amines) is 1. The summed E-state index contributed by atoms with van der Waals surface area (Å²) >= 11 is 0. The van der Waals surface area contributed by atoms with Crippen molar-refractivity contribution < 1.29 is 19.8 Å². The highest BCUT2D eigenvalue weighted by molar-refractivity contribution is 5.98. The number of para-hydroxylation sites is 1. The van der Waals surface area contributed by atoms with Crippen molar-refractivity contribution in [1.29, 1.82) is 0 Å². The molecule has 1 fully saturated rings. The minimum absolute atomic E-state index is 0.0579. The van der Waals surface area contributed by atoms with E-state index in [0.29, 0.717) is 13.1 Å². The highest BCUT2D eigenvalue weighted by atomic mass is 16.3. The Balaban J connectivity index is 2.16. The van der Waals surface area contributed by atoms with Crippen LogP contribution in [0.5, 0.6) is 11.5 Å². The zero-order chi connectivity index (χ0) is 14.7. The summed E-state index contributed by atoms with van der Waals surface area (Å²) in [5.74, 6) is -1.41. The number of benzene rings is 1. The number of phenolic OH excluding ortho intramolecular Hbond substituents is 2. The molecule has 2 amide bonds. The summed E-state index contributed by atoms with van der Waals surface area (Å²) in [5, 5.41) is 21.8. The lowest BCUT2D eigenvalue weighted by molar-refractivity contribution is -0.125. The molecule has 108 valence electrons. The number of amides is 2. The molecule has 0 saturated carbocycles. The van der Waals surface area contributed by atoms with Crippen molar-refractivity contribution in [2.45, 2.75) is 12.8 Å². The summed E-state index contributed by atoms with van der Waals surface area (Å²) in [4.78, 5) is 25.5. The first-order valence-corrected chi connectivity index (χ1v) is 6.56. The summed E-state index contributed by atoms with van der Waals surface area (Å²) in [7, 11) is 1.57. The molecule has 1 aliphatic heterocycles. The molecule has 1 aliphatic rings. The number of carbonyl (C=O) groups excluding carboxylic acids is 2. The number of nitrogens with zero attached hydrogens (tertiary/aromatic N) is 1. The molecule has 2 rings (SSSR count). The van der Waals surface area contributed by atoms with Gasteiger partial charge in [-0.3, -0.25) is 9.59 Å². The second-order valence-corrected chi connectivity index (χ2v) is 4.88. The molecule has 1 atom stereocenters. The van der Waals surface area contributed by atoms with Crippen LogP contribution in [0.15, 0.2) is 18.2 Å². The second kappa shape index (κ2) is 5.81. The van der Waals surface area contributed by atoms with Crippen LogP contribution in [0, 0.1) is 5.92 Å². The monoisotopic (exact) mass is 278 g/mol. The Morgan fingerprint density at radius 1 is 1.35 bits per heavy atom. The molecule has 0 bridgehead atoms. The van der Waals surface area contributed by atoms with Crippen LogP contribution in [0.3, 0.4) is 0 Å². The summed E-state index contributed by atoms with van der Waals surface area (Å²) in [6.07, 6.45) is 1.48. The zero-order valence-electron chi connectivity index (χ0n) is 11.3. The van der Waals surface area contributed by atoms with E-state index < -0.39 is 5.75 Å². The Hall–Kier alpha value is -2.24. The highest BCUT2D eigenvalue weighted by Gasteiger charge is 2.29. The average molecular weight is 278 g/mol. The molecular formula is C14H18N2O4. The Kier molecular flexibility index (Phi) is 4.12. The topological polar surface area (TPSA) is 89.9 Å². The van der Waals surface area contributed by atoms with Gasteiger partial charge in [0.2, 0.25) is 5.91 Å². The number of nitrogens with one attached hydrogen (secondary N) is 1. The smallest absolute Gasteiger partial charge is 0.257 e. The van der Waals surface area contributed by atoms with Gasteiger partial charge in [-0.2, -0.15) is 0 Å². The van der Waals surface area contributed by atoms with Crippen LogP contribution in [0.25, 0.3) is 0 Å². The molecule has 0 radical (unpaired) electrons. The summed E-state index contributed by atoms with van der Waals surface area (Å²) < 4.78 is 0. The van der Waals surface area contributed by atoms with E-state index in [1.807, 2.05) is 0 Å². The molecule has 1 heterocycles. The second-order valence-electron chi connectivity index (χ2n) is 4.88. The molecule has 0 spiro atoms. The fourth-order valence-corrected chi connectivity index (χ4v) is 2.45. The predicted molar refractivity (Wildman–Crippen MR) is 72.5 cm³/mol. The first-order valence-electron chi connectivity index (χ1n) is 6.56. The number of hydrogen-bond donors (Lipinski definition) is 3. The Morgan fingerprint density at radius 3 is 2.80 bits per heavy atom. The normalized spacial score (nSPS) is 18.6. The van der Waals surface area contributed by atoms with Gasteiger partial charge in [0.05, 0.1) is 11.5 Å². The van der Waals surface area contributed by atoms with E-state index >= 15 is 0 Å². The van der Waals surface area contributed by atoms with Crippen molar-refractivity contribution in [3.8, 4) is 11.5 Å². The molecule has 1 aromatic rings. The van der Waals surface area contributed by atoms with E-state index in [-0.39, 0.29) is 29.0 Å². The van der Waals surface area contributed by atoms with Gasteiger partial charge in [-0.1, -0.05) is 6.07 Å². The van der Waals surface area contributed by atoms with Gasteiger partial charge < -0.3 is 20.4 Å². The SMILES string of the molecule is CNC(=O)C1CCCN(C(=O)c2cccc(O)c2O)C1. The first-order chi connectivity index (χ1) is 9.54. The Labute approximate surface area is 117 Å². The molecule has 1 aromatic carbocycles. The molecule has 1 saturated heterocycles. The van der Waals surface area contributed by atoms with E-state index in [9.17, 15) is 19.8 Å². The molecule has 20 heavy (non-hydrogen) atoms. The third kappa shape index (κ3) is 2.68. The quantitative estimate of drug-likeness (QED) is 0.694. The standard InChI is InChI=1S/C14H18N2O4/c1-15-13(19)9-4-3-7-16(8-9)14(20)10-5-2-6-11(17)12(10)18/h2,5-6,9,17-18H,3-4,7-8H2,1H3,(H,15,19). The fourth-order valence-electron chi connectivity index (χ4n) is 2.45. The average Bonchev–Trinajstić information content (AvgIpc) is 2.48. The number of aromatic hydroxyl groups is 2. The van der Waals surface area contributed by atoms with Gasteiger partial charge in [0, 0.05) is 20.1 Å². The van der Waals surface area contributed by atoms with Crippen molar-refractivity contribution in [3.05, 3.63) is 23.8 Å². The van der Waals surface area contributed by atoms with Gasteiger partial charge in [-0.15, -0.1) is 0 Å². The van der Waals surface area contributed by atoms with Crippen molar-refractivity contribution in [2.75, 3.05) is 20.1 Å². The van der Waals surface area contributed by atoms with E-state index in [1.165, 1.54) is 23.1 Å². The van der Waals surface area contributed by atoms with Crippen LogP contribution >= 0.6 is 0 Å². The molecule has 1 unspecified atom stereocenters. The lowest BCUT2D eigenvalue weighted by Crippen LogP contribution is -2.44. The minimum Gasteiger partial charge on any atom is -0.504 e. The third-order valence-corrected chi connectivity index (χ3v) is 3.57. The van der Waals surface area contributed by atoms with Crippen LogP contribution < -0.4 is 5.32 Å². The molecular weight excluding hydrogens is 260 g/mol. The summed E-state index contributed by atoms with van der Waals surface area (Å²) in [6.45, 7) is 0.870. The van der Waals surface area contributed by atoms with E-state index in [4.69, 9.17) is 0 Å². The maximum Gasteiger partial charge on any atom is 0.257 e. The Morgan fingerprint density at radius 2 is 2.10 bits per heavy atom. The lowest BCUT2D eigenvalue weighted by Gasteiger charge is -2.32. The third-order valence-electron chi connectivity index (χ3n) is 3.57.